The molecule has 0 saturated heterocycles. The van der Waals surface area contributed by atoms with Crippen molar-refractivity contribution in [2.45, 2.75) is 47.1 Å². The number of rotatable bonds is 3. The van der Waals surface area contributed by atoms with Gasteiger partial charge in [-0.15, -0.1) is 0 Å². The van der Waals surface area contributed by atoms with Crippen LogP contribution in [-0.4, -0.2) is 22.3 Å². The highest BCUT2D eigenvalue weighted by Gasteiger charge is 2.51. The molecule has 3 unspecified atom stereocenters. The highest BCUT2D eigenvalue weighted by molar-refractivity contribution is 7.99. The van der Waals surface area contributed by atoms with Crippen LogP contribution in [0.3, 0.4) is 0 Å². The van der Waals surface area contributed by atoms with Crippen LogP contribution in [0.25, 0.3) is 22.3 Å². The molecule has 1 spiro atoms. The number of nitrogens with zero attached hydrogens (tertiary/aromatic N) is 3. The highest BCUT2D eigenvalue weighted by Crippen LogP contribution is 2.63. The fourth-order valence-corrected chi connectivity index (χ4v) is 10.4. The summed E-state index contributed by atoms with van der Waals surface area (Å²) in [6, 6.07) is 41.8. The zero-order valence-corrected chi connectivity index (χ0v) is 29.7. The third-order valence-electron chi connectivity index (χ3n) is 11.6. The largest absolute Gasteiger partial charge is 0.320 e. The quantitative estimate of drug-likeness (QED) is 0.185. The molecule has 10 rings (SSSR count). The van der Waals surface area contributed by atoms with Crippen molar-refractivity contribution in [1.82, 2.24) is 4.90 Å². The van der Waals surface area contributed by atoms with E-state index >= 15 is 0 Å². The normalized spacial score (nSPS) is 22.7. The second-order valence-corrected chi connectivity index (χ2v) is 15.6. The van der Waals surface area contributed by atoms with E-state index in [4.69, 9.17) is 4.99 Å². The molecule has 5 aromatic carbocycles. The second-order valence-electron chi connectivity index (χ2n) is 14.6. The molecule has 0 bridgehead atoms. The third kappa shape index (κ3) is 4.28. The van der Waals surface area contributed by atoms with Crippen LogP contribution >= 0.6 is 11.8 Å². The van der Waals surface area contributed by atoms with Gasteiger partial charge >= 0.3 is 0 Å². The Bertz CT molecular complexity index is 2500. The monoisotopic (exact) mass is 691 g/mol. The maximum absolute atomic E-state index is 14.3. The number of nitriles is 1. The molecule has 0 N–H and O–H groups in total. The molecule has 3 atom stereocenters. The molecule has 0 fully saturated rings. The van der Waals surface area contributed by atoms with E-state index in [0.29, 0.717) is 12.0 Å². The zero-order valence-electron chi connectivity index (χ0n) is 28.8. The van der Waals surface area contributed by atoms with Gasteiger partial charge in [-0.05, 0) is 81.8 Å². The highest BCUT2D eigenvalue weighted by atomic mass is 32.2. The molecule has 0 amide bonds. The van der Waals surface area contributed by atoms with Gasteiger partial charge < -0.3 is 4.90 Å². The van der Waals surface area contributed by atoms with Crippen LogP contribution in [0.4, 0.5) is 4.39 Å². The Balaban J connectivity index is 1.13. The van der Waals surface area contributed by atoms with Crippen molar-refractivity contribution >= 4 is 17.6 Å². The molecule has 0 saturated carbocycles. The molecule has 2 aliphatic heterocycles. The van der Waals surface area contributed by atoms with E-state index in [9.17, 15) is 9.65 Å². The third-order valence-corrected chi connectivity index (χ3v) is 12.8. The van der Waals surface area contributed by atoms with Crippen molar-refractivity contribution in [1.29, 1.82) is 5.26 Å². The lowest BCUT2D eigenvalue weighted by Crippen LogP contribution is -2.45. The molecule has 52 heavy (non-hydrogen) atoms. The summed E-state index contributed by atoms with van der Waals surface area (Å²) in [6.45, 7) is 4.25. The summed E-state index contributed by atoms with van der Waals surface area (Å²) in [5, 5.41) is 10.7. The van der Waals surface area contributed by atoms with E-state index in [1.807, 2.05) is 6.08 Å². The summed E-state index contributed by atoms with van der Waals surface area (Å²) in [6.07, 6.45) is 12.4. The number of allylic oxidation sites excluding steroid dienone is 6. The number of halogens is 1. The Morgan fingerprint density at radius 3 is 2.17 bits per heavy atom. The van der Waals surface area contributed by atoms with Crippen molar-refractivity contribution < 1.29 is 4.39 Å². The van der Waals surface area contributed by atoms with Crippen LogP contribution in [0, 0.1) is 17.2 Å². The number of amidine groups is 1. The zero-order chi connectivity index (χ0) is 35.2. The van der Waals surface area contributed by atoms with Gasteiger partial charge in [0.05, 0.1) is 17.0 Å². The SMILES string of the molecule is CC1CC(F)=CC=C1N1C(c2ccc(-c3cc(C#N)c4c(c3)C3(c5ccccc5S4)c4ccccc4-c4ccccc43)cc2)=NC2(C)C=CC=CC12. The summed E-state index contributed by atoms with van der Waals surface area (Å²) in [4.78, 5) is 9.83. The van der Waals surface area contributed by atoms with Gasteiger partial charge in [0.2, 0.25) is 0 Å². The van der Waals surface area contributed by atoms with Crippen LogP contribution in [0.1, 0.15) is 53.6 Å². The Hall–Kier alpha value is -5.70. The fourth-order valence-electron chi connectivity index (χ4n) is 9.20. The van der Waals surface area contributed by atoms with Crippen molar-refractivity contribution in [2.24, 2.45) is 10.9 Å². The van der Waals surface area contributed by atoms with Gasteiger partial charge in [-0.1, -0.05) is 134 Å². The van der Waals surface area contributed by atoms with Crippen molar-refractivity contribution in [3.63, 3.8) is 0 Å². The Morgan fingerprint density at radius 1 is 0.788 bits per heavy atom. The van der Waals surface area contributed by atoms with Crippen LogP contribution in [0.15, 0.2) is 172 Å². The lowest BCUT2D eigenvalue weighted by molar-refractivity contribution is 0.334. The minimum Gasteiger partial charge on any atom is -0.320 e. The smallest absolute Gasteiger partial charge is 0.136 e. The number of fused-ring (bicyclic) bond motifs is 10. The van der Waals surface area contributed by atoms with Gasteiger partial charge in [-0.25, -0.2) is 4.39 Å². The first-order chi connectivity index (χ1) is 25.4. The van der Waals surface area contributed by atoms with Gasteiger partial charge in [-0.3, -0.25) is 4.99 Å². The lowest BCUT2D eigenvalue weighted by Gasteiger charge is -2.40. The maximum atomic E-state index is 14.3. The molecule has 0 radical (unpaired) electrons. The van der Waals surface area contributed by atoms with E-state index in [0.717, 1.165) is 38.7 Å². The van der Waals surface area contributed by atoms with Gasteiger partial charge in [0.15, 0.2) is 0 Å². The Kier molecular flexibility index (Phi) is 6.81. The molecule has 0 aromatic heterocycles. The summed E-state index contributed by atoms with van der Waals surface area (Å²) in [5.41, 5.74) is 11.2. The Labute approximate surface area is 307 Å². The first-order valence-electron chi connectivity index (χ1n) is 17.9. The number of hydrogen-bond acceptors (Lipinski definition) is 4. The van der Waals surface area contributed by atoms with E-state index in [-0.39, 0.29) is 17.8 Å². The predicted octanol–water partition coefficient (Wildman–Crippen LogP) is 11.1. The fraction of sp³-hybridized carbons (Fsp3) is 0.149. The molecule has 5 heteroatoms. The second kappa shape index (κ2) is 11.4. The molecule has 3 nitrogen and oxygen atoms in total. The number of aliphatic imine (C=N–C) groups is 1. The predicted molar refractivity (Wildman–Crippen MR) is 208 cm³/mol. The van der Waals surface area contributed by atoms with Crippen LogP contribution in [0.2, 0.25) is 0 Å². The first kappa shape index (κ1) is 31.1. The van der Waals surface area contributed by atoms with Crippen molar-refractivity contribution in [2.75, 3.05) is 0 Å². The van der Waals surface area contributed by atoms with E-state index in [1.54, 1.807) is 17.8 Å². The van der Waals surface area contributed by atoms with Crippen LogP contribution < -0.4 is 0 Å². The number of hydrogen-bond donors (Lipinski definition) is 0. The molecular weight excluding hydrogens is 658 g/mol. The van der Waals surface area contributed by atoms with Gasteiger partial charge in [0, 0.05) is 33.4 Å². The summed E-state index contributed by atoms with van der Waals surface area (Å²) >= 11 is 1.70. The molecule has 3 aliphatic carbocycles. The summed E-state index contributed by atoms with van der Waals surface area (Å²) in [5.74, 6) is 0.825. The van der Waals surface area contributed by atoms with E-state index < -0.39 is 11.0 Å². The minimum absolute atomic E-state index is 0.00278. The lowest BCUT2D eigenvalue weighted by atomic mass is 9.66. The van der Waals surface area contributed by atoms with Gasteiger partial charge in [-0.2, -0.15) is 5.26 Å². The maximum Gasteiger partial charge on any atom is 0.136 e. The number of benzene rings is 5. The minimum atomic E-state index is -0.559. The topological polar surface area (TPSA) is 39.4 Å². The average Bonchev–Trinajstić information content (AvgIpc) is 3.65. The summed E-state index contributed by atoms with van der Waals surface area (Å²) in [7, 11) is 0. The van der Waals surface area contributed by atoms with Crippen molar-refractivity contribution in [3.8, 4) is 28.3 Å². The first-order valence-corrected chi connectivity index (χ1v) is 18.7. The molecular formula is C47H34FN3S. The molecule has 250 valence electrons. The molecule has 2 heterocycles. The summed E-state index contributed by atoms with van der Waals surface area (Å²) < 4.78 is 14.3. The molecule has 5 aromatic rings. The standard InChI is InChI=1S/C47H34FN3S/c1-29-25-34(48)22-23-41(29)51-43-17-9-10-24-46(43,2)50-45(51)31-20-18-30(19-21-31)32-26-33(28-49)44-40(27-32)47(39-15-7-8-16-42(39)52-44)37-13-5-3-11-35(37)36-12-4-6-14-38(36)47/h3-24,26-27,29,43H,25H2,1-2H3. The Morgan fingerprint density at radius 2 is 1.46 bits per heavy atom. The van der Waals surface area contributed by atoms with Gasteiger partial charge in [0.25, 0.3) is 0 Å². The molecule has 5 aliphatic rings. The van der Waals surface area contributed by atoms with E-state index in [1.165, 1.54) is 32.7 Å². The van der Waals surface area contributed by atoms with E-state index in [2.05, 4.69) is 158 Å². The van der Waals surface area contributed by atoms with Crippen LogP contribution in [-0.2, 0) is 5.41 Å². The van der Waals surface area contributed by atoms with Crippen LogP contribution in [0.5, 0.6) is 0 Å². The van der Waals surface area contributed by atoms with Crippen molar-refractivity contribution in [3.05, 3.63) is 191 Å². The van der Waals surface area contributed by atoms with Gasteiger partial charge in [0.1, 0.15) is 23.3 Å². The average molecular weight is 692 g/mol.